The van der Waals surface area contributed by atoms with Crippen molar-refractivity contribution in [2.75, 3.05) is 32.8 Å². The smallest absolute Gasteiger partial charge is 0.191 e. The second kappa shape index (κ2) is 16.9. The van der Waals surface area contributed by atoms with E-state index in [0.29, 0.717) is 5.96 Å². The highest BCUT2D eigenvalue weighted by molar-refractivity contribution is 14.0. The Bertz CT molecular complexity index is 549. The molecule has 1 unspecified atom stereocenters. The molecule has 1 rings (SSSR count). The first-order valence-corrected chi connectivity index (χ1v) is 10.8. The number of halogens is 1. The van der Waals surface area contributed by atoms with E-state index in [1.807, 2.05) is 20.2 Å². The van der Waals surface area contributed by atoms with Crippen molar-refractivity contribution in [3.05, 3.63) is 18.0 Å². The molecule has 0 aliphatic carbocycles. The van der Waals surface area contributed by atoms with Crippen LogP contribution in [-0.2, 0) is 17.4 Å². The van der Waals surface area contributed by atoms with Gasteiger partial charge in [0.25, 0.3) is 0 Å². The number of aryl methyl sites for hydroxylation is 1. The van der Waals surface area contributed by atoms with E-state index < -0.39 is 5.60 Å². The lowest BCUT2D eigenvalue weighted by molar-refractivity contribution is 0.0671. The molecule has 0 saturated heterocycles. The van der Waals surface area contributed by atoms with Crippen LogP contribution in [-0.4, -0.2) is 53.7 Å². The van der Waals surface area contributed by atoms with Gasteiger partial charge >= 0.3 is 0 Å². The quantitative estimate of drug-likeness (QED) is 0.142. The Kier molecular flexibility index (Phi) is 16.4. The van der Waals surface area contributed by atoms with Gasteiger partial charge in [-0.3, -0.25) is 4.68 Å². The molecule has 1 aromatic rings. The zero-order valence-electron chi connectivity index (χ0n) is 18.7. The van der Waals surface area contributed by atoms with E-state index in [2.05, 4.69) is 27.6 Å². The van der Waals surface area contributed by atoms with Crippen LogP contribution in [0.25, 0.3) is 0 Å². The van der Waals surface area contributed by atoms with Crippen LogP contribution in [0.3, 0.4) is 0 Å². The molecule has 0 radical (unpaired) electrons. The fourth-order valence-electron chi connectivity index (χ4n) is 2.83. The number of aliphatic hydroxyl groups is 1. The SMILES string of the molecule is CCCCCCCCOCCCNC(=NCC(C)(O)c1cnn(C)c1)NCC.I. The molecule has 0 fully saturated rings. The molecule has 1 heterocycles. The van der Waals surface area contributed by atoms with Crippen LogP contribution in [0.5, 0.6) is 0 Å². The van der Waals surface area contributed by atoms with Crippen LogP contribution in [0.2, 0.25) is 0 Å². The Hall–Kier alpha value is -0.870. The molecule has 3 N–H and O–H groups in total. The summed E-state index contributed by atoms with van der Waals surface area (Å²) < 4.78 is 7.39. The lowest BCUT2D eigenvalue weighted by Gasteiger charge is -2.20. The maximum atomic E-state index is 10.6. The van der Waals surface area contributed by atoms with E-state index >= 15 is 0 Å². The zero-order chi connectivity index (χ0) is 20.7. The number of unbranched alkanes of at least 4 members (excludes halogenated alkanes) is 5. The lowest BCUT2D eigenvalue weighted by atomic mass is 10.0. The normalized spacial score (nSPS) is 13.6. The van der Waals surface area contributed by atoms with Crippen LogP contribution in [0.1, 0.15) is 71.3 Å². The molecule has 0 aliphatic heterocycles. The molecule has 0 amide bonds. The summed E-state index contributed by atoms with van der Waals surface area (Å²) in [6.45, 7) is 9.47. The molecule has 1 aromatic heterocycles. The average molecular weight is 524 g/mol. The minimum Gasteiger partial charge on any atom is -0.383 e. The molecule has 7 nitrogen and oxygen atoms in total. The fraction of sp³-hybridized carbons (Fsp3) is 0.810. The third kappa shape index (κ3) is 13.1. The van der Waals surface area contributed by atoms with Crippen LogP contribution in [0.4, 0.5) is 0 Å². The summed E-state index contributed by atoms with van der Waals surface area (Å²) >= 11 is 0. The standard InChI is InChI=1S/C21H41N5O2.HI/c1-5-7-8-9-10-11-14-28-15-12-13-23-20(22-6-2)24-18-21(3,27)19-16-25-26(4)17-19;/h16-17,27H,5-15,18H2,1-4H3,(H2,22,23,24);1H. The second-order valence-electron chi connectivity index (χ2n) is 7.53. The molecule has 1 atom stereocenters. The number of hydrogen-bond acceptors (Lipinski definition) is 4. The maximum Gasteiger partial charge on any atom is 0.191 e. The number of hydrogen-bond donors (Lipinski definition) is 3. The van der Waals surface area contributed by atoms with Crippen molar-refractivity contribution >= 4 is 29.9 Å². The van der Waals surface area contributed by atoms with Gasteiger partial charge in [-0.15, -0.1) is 24.0 Å². The summed E-state index contributed by atoms with van der Waals surface area (Å²) in [5.41, 5.74) is -0.283. The van der Waals surface area contributed by atoms with E-state index in [4.69, 9.17) is 4.74 Å². The monoisotopic (exact) mass is 523 g/mol. The topological polar surface area (TPSA) is 83.7 Å². The summed E-state index contributed by atoms with van der Waals surface area (Å²) in [6, 6.07) is 0. The number of aliphatic imine (C=N–C) groups is 1. The van der Waals surface area contributed by atoms with Gasteiger partial charge in [-0.1, -0.05) is 39.0 Å². The first-order chi connectivity index (χ1) is 13.5. The average Bonchev–Trinajstić information content (AvgIpc) is 3.11. The molecule has 0 spiro atoms. The van der Waals surface area contributed by atoms with E-state index in [1.165, 1.54) is 32.1 Å². The molecular formula is C21H42IN5O2. The first-order valence-electron chi connectivity index (χ1n) is 10.8. The van der Waals surface area contributed by atoms with Crippen molar-refractivity contribution in [1.29, 1.82) is 0 Å². The summed E-state index contributed by atoms with van der Waals surface area (Å²) in [4.78, 5) is 4.52. The Morgan fingerprint density at radius 1 is 1.14 bits per heavy atom. The number of ether oxygens (including phenoxy) is 1. The number of aromatic nitrogens is 2. The lowest BCUT2D eigenvalue weighted by Crippen LogP contribution is -2.39. The zero-order valence-corrected chi connectivity index (χ0v) is 21.1. The Morgan fingerprint density at radius 3 is 2.48 bits per heavy atom. The van der Waals surface area contributed by atoms with Gasteiger partial charge in [0.1, 0.15) is 5.60 Å². The largest absolute Gasteiger partial charge is 0.383 e. The summed E-state index contributed by atoms with van der Waals surface area (Å²) in [5, 5.41) is 21.3. The van der Waals surface area contributed by atoms with Gasteiger partial charge in [0, 0.05) is 45.1 Å². The Balaban J connectivity index is 0.00000784. The van der Waals surface area contributed by atoms with Crippen molar-refractivity contribution in [3.8, 4) is 0 Å². The molecule has 0 bridgehead atoms. The van der Waals surface area contributed by atoms with Gasteiger partial charge < -0.3 is 20.5 Å². The molecule has 0 aliphatic rings. The van der Waals surface area contributed by atoms with Gasteiger partial charge in [0.05, 0.1) is 12.7 Å². The van der Waals surface area contributed by atoms with Crippen LogP contribution >= 0.6 is 24.0 Å². The molecule has 0 saturated carbocycles. The van der Waals surface area contributed by atoms with Crippen LogP contribution in [0.15, 0.2) is 17.4 Å². The summed E-state index contributed by atoms with van der Waals surface area (Å²) in [5.74, 6) is 0.711. The van der Waals surface area contributed by atoms with Crippen LogP contribution in [0, 0.1) is 0 Å². The van der Waals surface area contributed by atoms with E-state index in [9.17, 15) is 5.11 Å². The highest BCUT2D eigenvalue weighted by atomic mass is 127. The van der Waals surface area contributed by atoms with Crippen LogP contribution < -0.4 is 10.6 Å². The van der Waals surface area contributed by atoms with Crippen molar-refractivity contribution < 1.29 is 9.84 Å². The van der Waals surface area contributed by atoms with Crippen molar-refractivity contribution in [3.63, 3.8) is 0 Å². The predicted octanol–water partition coefficient (Wildman–Crippen LogP) is 3.57. The van der Waals surface area contributed by atoms with Gasteiger partial charge in [-0.2, -0.15) is 5.10 Å². The summed E-state index contributed by atoms with van der Waals surface area (Å²) in [7, 11) is 1.84. The highest BCUT2D eigenvalue weighted by Crippen LogP contribution is 2.19. The number of nitrogens with zero attached hydrogens (tertiary/aromatic N) is 3. The molecular weight excluding hydrogens is 481 g/mol. The second-order valence-corrected chi connectivity index (χ2v) is 7.53. The third-order valence-electron chi connectivity index (χ3n) is 4.62. The van der Waals surface area contributed by atoms with Crippen molar-refractivity contribution in [2.45, 2.75) is 71.3 Å². The highest BCUT2D eigenvalue weighted by Gasteiger charge is 2.24. The maximum absolute atomic E-state index is 10.6. The number of nitrogens with one attached hydrogen (secondary N) is 2. The predicted molar refractivity (Wildman–Crippen MR) is 131 cm³/mol. The molecule has 29 heavy (non-hydrogen) atoms. The van der Waals surface area contributed by atoms with Gasteiger partial charge in [0.2, 0.25) is 0 Å². The first kappa shape index (κ1) is 28.1. The molecule has 8 heteroatoms. The minimum atomic E-state index is -1.04. The summed E-state index contributed by atoms with van der Waals surface area (Å²) in [6.07, 6.45) is 12.2. The molecule has 0 aromatic carbocycles. The van der Waals surface area contributed by atoms with E-state index in [1.54, 1.807) is 17.8 Å². The van der Waals surface area contributed by atoms with Gasteiger partial charge in [-0.25, -0.2) is 4.99 Å². The number of rotatable bonds is 15. The number of guanidine groups is 1. The Labute approximate surface area is 194 Å². The third-order valence-corrected chi connectivity index (χ3v) is 4.62. The van der Waals surface area contributed by atoms with E-state index in [0.717, 1.165) is 44.7 Å². The fourth-order valence-corrected chi connectivity index (χ4v) is 2.83. The van der Waals surface area contributed by atoms with Gasteiger partial charge in [0.15, 0.2) is 5.96 Å². The molecule has 170 valence electrons. The van der Waals surface area contributed by atoms with Crippen molar-refractivity contribution in [2.24, 2.45) is 12.0 Å². The van der Waals surface area contributed by atoms with E-state index in [-0.39, 0.29) is 30.5 Å². The van der Waals surface area contributed by atoms with Crippen molar-refractivity contribution in [1.82, 2.24) is 20.4 Å². The van der Waals surface area contributed by atoms with Gasteiger partial charge in [-0.05, 0) is 26.7 Å². The minimum absolute atomic E-state index is 0. The Morgan fingerprint density at radius 2 is 1.83 bits per heavy atom.